The Kier molecular flexibility index (Phi) is 4.19. The van der Waals surface area contributed by atoms with Gasteiger partial charge in [0.2, 0.25) is 0 Å². The summed E-state index contributed by atoms with van der Waals surface area (Å²) in [4.78, 5) is 2.38. The van der Waals surface area contributed by atoms with Gasteiger partial charge in [0.15, 0.2) is 0 Å². The molecule has 2 aliphatic rings. The molecule has 4 nitrogen and oxygen atoms in total. The molecule has 94 valence electrons. The average molecular weight is 228 g/mol. The first-order chi connectivity index (χ1) is 7.74. The summed E-state index contributed by atoms with van der Waals surface area (Å²) >= 11 is 0. The van der Waals surface area contributed by atoms with Crippen LogP contribution in [0.25, 0.3) is 0 Å². The Morgan fingerprint density at radius 1 is 1.31 bits per heavy atom. The number of ether oxygens (including phenoxy) is 2. The molecule has 0 amide bonds. The fourth-order valence-corrected chi connectivity index (χ4v) is 2.99. The van der Waals surface area contributed by atoms with Gasteiger partial charge in [0.05, 0.1) is 12.2 Å². The maximum Gasteiger partial charge on any atom is 0.0743 e. The number of nitrogens with zero attached hydrogens (tertiary/aromatic N) is 1. The SMILES string of the molecule is CC1OCCC1N(C)C(CN)C1CCCO1. The van der Waals surface area contributed by atoms with E-state index in [-0.39, 0.29) is 0 Å². The predicted molar refractivity (Wildman–Crippen MR) is 63.4 cm³/mol. The lowest BCUT2D eigenvalue weighted by Gasteiger charge is -2.36. The molecule has 2 aliphatic heterocycles. The van der Waals surface area contributed by atoms with Crippen molar-refractivity contribution in [3.8, 4) is 0 Å². The van der Waals surface area contributed by atoms with E-state index in [2.05, 4.69) is 18.9 Å². The molecular weight excluding hydrogens is 204 g/mol. The Bertz CT molecular complexity index is 219. The van der Waals surface area contributed by atoms with Gasteiger partial charge in [0.25, 0.3) is 0 Å². The highest BCUT2D eigenvalue weighted by atomic mass is 16.5. The van der Waals surface area contributed by atoms with Gasteiger partial charge in [-0.1, -0.05) is 0 Å². The smallest absolute Gasteiger partial charge is 0.0743 e. The van der Waals surface area contributed by atoms with Crippen molar-refractivity contribution in [1.29, 1.82) is 0 Å². The lowest BCUT2D eigenvalue weighted by atomic mass is 10.0. The molecule has 4 atom stereocenters. The van der Waals surface area contributed by atoms with E-state index < -0.39 is 0 Å². The van der Waals surface area contributed by atoms with E-state index in [1.165, 1.54) is 6.42 Å². The molecule has 0 bridgehead atoms. The number of hydrogen-bond donors (Lipinski definition) is 1. The van der Waals surface area contributed by atoms with Crippen molar-refractivity contribution < 1.29 is 9.47 Å². The molecule has 4 unspecified atom stereocenters. The van der Waals surface area contributed by atoms with E-state index in [1.54, 1.807) is 0 Å². The molecule has 0 aliphatic carbocycles. The molecule has 0 aromatic carbocycles. The Morgan fingerprint density at radius 3 is 2.62 bits per heavy atom. The summed E-state index contributed by atoms with van der Waals surface area (Å²) in [5.41, 5.74) is 5.90. The molecule has 2 N–H and O–H groups in total. The van der Waals surface area contributed by atoms with Crippen LogP contribution in [0.5, 0.6) is 0 Å². The largest absolute Gasteiger partial charge is 0.377 e. The van der Waals surface area contributed by atoms with Crippen LogP contribution >= 0.6 is 0 Å². The molecule has 0 spiro atoms. The van der Waals surface area contributed by atoms with Crippen LogP contribution in [-0.4, -0.2) is 56.0 Å². The Morgan fingerprint density at radius 2 is 2.12 bits per heavy atom. The first-order valence-corrected chi connectivity index (χ1v) is 6.39. The highest BCUT2D eigenvalue weighted by Crippen LogP contribution is 2.25. The van der Waals surface area contributed by atoms with Crippen molar-refractivity contribution >= 4 is 0 Å². The zero-order valence-corrected chi connectivity index (χ0v) is 10.4. The van der Waals surface area contributed by atoms with Crippen LogP contribution in [0.3, 0.4) is 0 Å². The lowest BCUT2D eigenvalue weighted by molar-refractivity contribution is 0.00403. The Labute approximate surface area is 98.1 Å². The maximum atomic E-state index is 5.90. The van der Waals surface area contributed by atoms with Gasteiger partial charge in [-0.05, 0) is 33.2 Å². The Balaban J connectivity index is 1.96. The van der Waals surface area contributed by atoms with Gasteiger partial charge in [-0.25, -0.2) is 0 Å². The fraction of sp³-hybridized carbons (Fsp3) is 1.00. The third-order valence-corrected chi connectivity index (χ3v) is 4.02. The summed E-state index contributed by atoms with van der Waals surface area (Å²) in [5, 5.41) is 0. The van der Waals surface area contributed by atoms with Crippen molar-refractivity contribution in [2.45, 2.75) is 50.5 Å². The fourth-order valence-electron chi connectivity index (χ4n) is 2.99. The van der Waals surface area contributed by atoms with Gasteiger partial charge < -0.3 is 15.2 Å². The summed E-state index contributed by atoms with van der Waals surface area (Å²) in [6, 6.07) is 0.842. The summed E-state index contributed by atoms with van der Waals surface area (Å²) in [6.45, 7) is 4.59. The molecule has 2 saturated heterocycles. The molecule has 2 fully saturated rings. The van der Waals surface area contributed by atoms with E-state index in [9.17, 15) is 0 Å². The van der Waals surface area contributed by atoms with Gasteiger partial charge >= 0.3 is 0 Å². The summed E-state index contributed by atoms with van der Waals surface area (Å²) in [5.74, 6) is 0. The van der Waals surface area contributed by atoms with E-state index >= 15 is 0 Å². The number of likely N-dealkylation sites (N-methyl/N-ethyl adjacent to an activating group) is 1. The molecule has 2 heterocycles. The molecule has 0 radical (unpaired) electrons. The van der Waals surface area contributed by atoms with Crippen LogP contribution in [-0.2, 0) is 9.47 Å². The Hall–Kier alpha value is -0.160. The van der Waals surface area contributed by atoms with Crippen molar-refractivity contribution in [2.24, 2.45) is 5.73 Å². The number of nitrogens with two attached hydrogens (primary N) is 1. The zero-order valence-electron chi connectivity index (χ0n) is 10.4. The van der Waals surface area contributed by atoms with E-state index in [0.29, 0.717) is 30.8 Å². The molecule has 2 rings (SSSR count). The number of rotatable bonds is 4. The standard InChI is InChI=1S/C12H24N2O2/c1-9-10(5-7-15-9)14(2)11(8-13)12-4-3-6-16-12/h9-12H,3-8,13H2,1-2H3. The maximum absolute atomic E-state index is 5.90. The summed E-state index contributed by atoms with van der Waals surface area (Å²) < 4.78 is 11.4. The average Bonchev–Trinajstić information content (AvgIpc) is 2.90. The quantitative estimate of drug-likeness (QED) is 0.765. The molecular formula is C12H24N2O2. The van der Waals surface area contributed by atoms with Gasteiger partial charge in [-0.15, -0.1) is 0 Å². The third-order valence-electron chi connectivity index (χ3n) is 4.02. The second-order valence-corrected chi connectivity index (χ2v) is 4.95. The highest BCUT2D eigenvalue weighted by Gasteiger charge is 2.35. The zero-order chi connectivity index (χ0) is 11.5. The highest BCUT2D eigenvalue weighted by molar-refractivity contribution is 4.89. The minimum absolute atomic E-state index is 0.320. The van der Waals surface area contributed by atoms with Gasteiger partial charge in [-0.2, -0.15) is 0 Å². The third kappa shape index (κ3) is 2.40. The van der Waals surface area contributed by atoms with Gasteiger partial charge in [0.1, 0.15) is 0 Å². The minimum Gasteiger partial charge on any atom is -0.377 e. The van der Waals surface area contributed by atoms with Crippen LogP contribution in [0.2, 0.25) is 0 Å². The van der Waals surface area contributed by atoms with Crippen LogP contribution in [0, 0.1) is 0 Å². The van der Waals surface area contributed by atoms with Crippen LogP contribution in [0.4, 0.5) is 0 Å². The minimum atomic E-state index is 0.320. The monoisotopic (exact) mass is 228 g/mol. The van der Waals surface area contributed by atoms with Crippen LogP contribution in [0.1, 0.15) is 26.2 Å². The molecule has 0 aromatic rings. The van der Waals surface area contributed by atoms with Crippen LogP contribution < -0.4 is 5.73 Å². The van der Waals surface area contributed by atoms with Crippen molar-refractivity contribution in [2.75, 3.05) is 26.8 Å². The van der Waals surface area contributed by atoms with Crippen molar-refractivity contribution in [3.05, 3.63) is 0 Å². The topological polar surface area (TPSA) is 47.7 Å². The molecule has 0 aromatic heterocycles. The molecule has 4 heteroatoms. The first kappa shape index (κ1) is 12.3. The first-order valence-electron chi connectivity index (χ1n) is 6.39. The van der Waals surface area contributed by atoms with E-state index in [1.807, 2.05) is 0 Å². The summed E-state index contributed by atoms with van der Waals surface area (Å²) in [7, 11) is 2.16. The van der Waals surface area contributed by atoms with E-state index in [0.717, 1.165) is 26.1 Å². The summed E-state index contributed by atoms with van der Waals surface area (Å²) in [6.07, 6.45) is 4.07. The van der Waals surface area contributed by atoms with Crippen LogP contribution in [0.15, 0.2) is 0 Å². The normalized spacial score (nSPS) is 37.1. The lowest BCUT2D eigenvalue weighted by Crippen LogP contribution is -2.52. The second kappa shape index (κ2) is 5.45. The van der Waals surface area contributed by atoms with Crippen molar-refractivity contribution in [1.82, 2.24) is 4.90 Å². The van der Waals surface area contributed by atoms with E-state index in [4.69, 9.17) is 15.2 Å². The second-order valence-electron chi connectivity index (χ2n) is 4.95. The van der Waals surface area contributed by atoms with Crippen molar-refractivity contribution in [3.63, 3.8) is 0 Å². The van der Waals surface area contributed by atoms with Gasteiger partial charge in [0, 0.05) is 31.8 Å². The predicted octanol–water partition coefficient (Wildman–Crippen LogP) is 0.602. The molecule has 16 heavy (non-hydrogen) atoms. The van der Waals surface area contributed by atoms with Gasteiger partial charge in [-0.3, -0.25) is 4.90 Å². The number of hydrogen-bond acceptors (Lipinski definition) is 4. The molecule has 0 saturated carbocycles.